The van der Waals surface area contributed by atoms with E-state index in [1.165, 1.54) is 0 Å². The van der Waals surface area contributed by atoms with Crippen molar-refractivity contribution in [2.24, 2.45) is 5.92 Å². The van der Waals surface area contributed by atoms with Crippen molar-refractivity contribution in [3.8, 4) is 0 Å². The van der Waals surface area contributed by atoms with Crippen LogP contribution in [0.5, 0.6) is 0 Å². The molecule has 0 atom stereocenters. The third kappa shape index (κ3) is 3.20. The van der Waals surface area contributed by atoms with Gasteiger partial charge in [-0.05, 0) is 5.92 Å². The Kier molecular flexibility index (Phi) is 7.79. The van der Waals surface area contributed by atoms with E-state index in [-0.39, 0.29) is 11.1 Å². The zero-order chi connectivity index (χ0) is 14.4. The standard InChI is InChI=1S/C10H26O6Si2/c1-9(2)10(17(11-3,12-4)13-5)18(14-6,15-7)16-8/h9-10H,1-8H3. The lowest BCUT2D eigenvalue weighted by Gasteiger charge is -2.41. The fourth-order valence-electron chi connectivity index (χ4n) is 2.29. The molecule has 0 aromatic heterocycles. The summed E-state index contributed by atoms with van der Waals surface area (Å²) in [5.74, 6) is 0.169. The molecule has 0 aliphatic rings. The van der Waals surface area contributed by atoms with Crippen molar-refractivity contribution in [1.29, 1.82) is 0 Å². The molecular formula is C10H26O6Si2. The van der Waals surface area contributed by atoms with Crippen LogP contribution in [0.15, 0.2) is 0 Å². The minimum atomic E-state index is -2.92. The lowest BCUT2D eigenvalue weighted by molar-refractivity contribution is 0.0719. The molecule has 0 aromatic rings. The Labute approximate surface area is 112 Å². The Bertz CT molecular complexity index is 194. The lowest BCUT2D eigenvalue weighted by Crippen LogP contribution is -2.63. The zero-order valence-electron chi connectivity index (χ0n) is 12.6. The molecule has 0 N–H and O–H groups in total. The largest absolute Gasteiger partial charge is 0.508 e. The Morgan fingerprint density at radius 1 is 0.556 bits per heavy atom. The average molecular weight is 298 g/mol. The van der Waals surface area contributed by atoms with E-state index in [0.29, 0.717) is 0 Å². The van der Waals surface area contributed by atoms with E-state index in [0.717, 1.165) is 0 Å². The monoisotopic (exact) mass is 298 g/mol. The maximum Gasteiger partial charge on any atom is 0.508 e. The van der Waals surface area contributed by atoms with Gasteiger partial charge in [-0.1, -0.05) is 13.8 Å². The van der Waals surface area contributed by atoms with Crippen molar-refractivity contribution in [2.45, 2.75) is 19.0 Å². The van der Waals surface area contributed by atoms with Gasteiger partial charge in [0.25, 0.3) is 0 Å². The van der Waals surface area contributed by atoms with Crippen LogP contribution in [0.3, 0.4) is 0 Å². The molecule has 0 saturated carbocycles. The highest BCUT2D eigenvalue weighted by molar-refractivity contribution is 6.82. The van der Waals surface area contributed by atoms with Gasteiger partial charge in [-0.15, -0.1) is 0 Å². The molecule has 0 rings (SSSR count). The summed E-state index contributed by atoms with van der Waals surface area (Å²) in [4.78, 5) is 0. The fourth-order valence-corrected chi connectivity index (χ4v) is 10.3. The van der Waals surface area contributed by atoms with Crippen LogP contribution in [-0.4, -0.2) is 60.3 Å². The van der Waals surface area contributed by atoms with Crippen LogP contribution in [0.1, 0.15) is 13.8 Å². The van der Waals surface area contributed by atoms with Gasteiger partial charge >= 0.3 is 17.6 Å². The molecule has 0 aliphatic heterocycles. The van der Waals surface area contributed by atoms with Gasteiger partial charge in [0, 0.05) is 42.7 Å². The molecule has 18 heavy (non-hydrogen) atoms. The van der Waals surface area contributed by atoms with Crippen LogP contribution >= 0.6 is 0 Å². The van der Waals surface area contributed by atoms with Crippen LogP contribution in [0.2, 0.25) is 5.16 Å². The first-order valence-electron chi connectivity index (χ1n) is 5.74. The topological polar surface area (TPSA) is 55.4 Å². The summed E-state index contributed by atoms with van der Waals surface area (Å²) < 4.78 is 33.4. The highest BCUT2D eigenvalue weighted by atomic mass is 28.5. The quantitative estimate of drug-likeness (QED) is 0.598. The molecule has 0 spiro atoms. The minimum Gasteiger partial charge on any atom is -0.377 e. The van der Waals surface area contributed by atoms with E-state index in [9.17, 15) is 0 Å². The fraction of sp³-hybridized carbons (Fsp3) is 1.00. The highest BCUT2D eigenvalue weighted by Crippen LogP contribution is 2.40. The van der Waals surface area contributed by atoms with Gasteiger partial charge in [-0.3, -0.25) is 0 Å². The van der Waals surface area contributed by atoms with E-state index in [2.05, 4.69) is 0 Å². The molecule has 0 aromatic carbocycles. The van der Waals surface area contributed by atoms with Gasteiger partial charge in [0.15, 0.2) is 0 Å². The van der Waals surface area contributed by atoms with Gasteiger partial charge in [0.05, 0.1) is 0 Å². The maximum atomic E-state index is 5.56. The van der Waals surface area contributed by atoms with Crippen molar-refractivity contribution >= 4 is 17.6 Å². The zero-order valence-corrected chi connectivity index (χ0v) is 14.6. The summed E-state index contributed by atoms with van der Waals surface area (Å²) in [7, 11) is 3.63. The van der Waals surface area contributed by atoms with Gasteiger partial charge in [-0.25, -0.2) is 0 Å². The molecule has 6 nitrogen and oxygen atoms in total. The van der Waals surface area contributed by atoms with Crippen LogP contribution in [0, 0.1) is 5.92 Å². The molecule has 0 saturated heterocycles. The predicted molar refractivity (Wildman–Crippen MR) is 72.2 cm³/mol. The van der Waals surface area contributed by atoms with E-state index in [4.69, 9.17) is 26.6 Å². The molecule has 110 valence electrons. The SMILES string of the molecule is CO[Si](OC)(OC)C(C(C)C)[Si](OC)(OC)OC. The van der Waals surface area contributed by atoms with Gasteiger partial charge in [0.1, 0.15) is 5.16 Å². The van der Waals surface area contributed by atoms with E-state index >= 15 is 0 Å². The second kappa shape index (κ2) is 7.70. The summed E-state index contributed by atoms with van der Waals surface area (Å²) >= 11 is 0. The third-order valence-corrected chi connectivity index (χ3v) is 11.5. The lowest BCUT2D eigenvalue weighted by atomic mass is 10.3. The van der Waals surface area contributed by atoms with Gasteiger partial charge in [-0.2, -0.15) is 0 Å². The number of hydrogen-bond acceptors (Lipinski definition) is 6. The first-order chi connectivity index (χ1) is 8.43. The van der Waals surface area contributed by atoms with Crippen LogP contribution in [0.25, 0.3) is 0 Å². The van der Waals surface area contributed by atoms with E-state index < -0.39 is 17.6 Å². The Balaban J connectivity index is 5.65. The summed E-state index contributed by atoms with van der Waals surface area (Å²) in [6, 6.07) is 0. The molecule has 0 heterocycles. The Hall–Kier alpha value is 0.194. The van der Waals surface area contributed by atoms with Gasteiger partial charge in [0.2, 0.25) is 0 Å². The van der Waals surface area contributed by atoms with Gasteiger partial charge < -0.3 is 26.6 Å². The second-order valence-electron chi connectivity index (χ2n) is 4.15. The molecule has 0 radical (unpaired) electrons. The number of hydrogen-bond donors (Lipinski definition) is 0. The van der Waals surface area contributed by atoms with Crippen LogP contribution in [-0.2, 0) is 26.6 Å². The molecular weight excluding hydrogens is 272 g/mol. The van der Waals surface area contributed by atoms with Crippen molar-refractivity contribution in [2.75, 3.05) is 42.7 Å². The van der Waals surface area contributed by atoms with Crippen molar-refractivity contribution in [1.82, 2.24) is 0 Å². The van der Waals surface area contributed by atoms with E-state index in [1.54, 1.807) is 42.7 Å². The summed E-state index contributed by atoms with van der Waals surface area (Å²) in [5, 5.41) is -0.190. The first-order valence-corrected chi connectivity index (χ1v) is 9.34. The minimum absolute atomic E-state index is 0.169. The Morgan fingerprint density at radius 2 is 0.778 bits per heavy atom. The van der Waals surface area contributed by atoms with Crippen molar-refractivity contribution in [3.05, 3.63) is 0 Å². The maximum absolute atomic E-state index is 5.56. The molecule has 0 unspecified atom stereocenters. The second-order valence-corrected chi connectivity index (χ2v) is 10.8. The van der Waals surface area contributed by atoms with Crippen LogP contribution < -0.4 is 0 Å². The normalized spacial score (nSPS) is 13.7. The molecule has 8 heteroatoms. The average Bonchev–Trinajstić information content (AvgIpc) is 2.40. The summed E-state index contributed by atoms with van der Waals surface area (Å²) in [5.41, 5.74) is 0. The van der Waals surface area contributed by atoms with Crippen LogP contribution in [0.4, 0.5) is 0 Å². The van der Waals surface area contributed by atoms with Crippen molar-refractivity contribution < 1.29 is 26.6 Å². The highest BCUT2D eigenvalue weighted by Gasteiger charge is 2.65. The molecule has 0 amide bonds. The van der Waals surface area contributed by atoms with E-state index in [1.807, 2.05) is 13.8 Å². The molecule has 0 aliphatic carbocycles. The molecule has 0 fully saturated rings. The predicted octanol–water partition coefficient (Wildman–Crippen LogP) is 1.31. The smallest absolute Gasteiger partial charge is 0.377 e. The summed E-state index contributed by atoms with van der Waals surface area (Å²) in [6.45, 7) is 4.09. The summed E-state index contributed by atoms with van der Waals surface area (Å²) in [6.07, 6.45) is 0. The van der Waals surface area contributed by atoms with Crippen molar-refractivity contribution in [3.63, 3.8) is 0 Å². The molecule has 0 bridgehead atoms. The first kappa shape index (κ1) is 18.2. The number of rotatable bonds is 9. The third-order valence-electron chi connectivity index (χ3n) is 3.14. The Morgan fingerprint density at radius 3 is 0.889 bits per heavy atom.